The van der Waals surface area contributed by atoms with Crippen molar-refractivity contribution in [2.24, 2.45) is 0 Å². The Kier molecular flexibility index (Phi) is 4.97. The predicted molar refractivity (Wildman–Crippen MR) is 85.3 cm³/mol. The molecular weight excluding hydrogens is 314 g/mol. The van der Waals surface area contributed by atoms with Crippen molar-refractivity contribution in [3.63, 3.8) is 0 Å². The van der Waals surface area contributed by atoms with Gasteiger partial charge < -0.3 is 4.74 Å². The topological polar surface area (TPSA) is 73.6 Å². The van der Waals surface area contributed by atoms with E-state index in [4.69, 9.17) is 10.00 Å². The molecule has 2 aliphatic rings. The molecule has 0 amide bonds. The summed E-state index contributed by atoms with van der Waals surface area (Å²) in [4.78, 5) is 2.53. The van der Waals surface area contributed by atoms with Crippen molar-refractivity contribution in [3.05, 3.63) is 29.8 Å². The van der Waals surface area contributed by atoms with Crippen LogP contribution in [-0.2, 0) is 14.8 Å². The monoisotopic (exact) mass is 335 g/mol. The van der Waals surface area contributed by atoms with Crippen LogP contribution in [0.25, 0.3) is 0 Å². The molecule has 0 aliphatic carbocycles. The van der Waals surface area contributed by atoms with Gasteiger partial charge in [-0.3, -0.25) is 4.90 Å². The molecule has 2 aliphatic heterocycles. The molecule has 23 heavy (non-hydrogen) atoms. The maximum absolute atomic E-state index is 12.6. The van der Waals surface area contributed by atoms with E-state index in [2.05, 4.69) is 4.90 Å². The third-order valence-corrected chi connectivity index (χ3v) is 6.35. The number of sulfonamides is 1. The first-order chi connectivity index (χ1) is 11.1. The molecule has 2 saturated heterocycles. The largest absolute Gasteiger partial charge is 0.377 e. The predicted octanol–water partition coefficient (Wildman–Crippen LogP) is 1.04. The van der Waals surface area contributed by atoms with Gasteiger partial charge >= 0.3 is 0 Å². The van der Waals surface area contributed by atoms with Crippen molar-refractivity contribution < 1.29 is 13.2 Å². The molecule has 0 radical (unpaired) electrons. The normalized spacial score (nSPS) is 23.7. The van der Waals surface area contributed by atoms with E-state index in [-0.39, 0.29) is 4.90 Å². The van der Waals surface area contributed by atoms with Crippen LogP contribution in [0.3, 0.4) is 0 Å². The van der Waals surface area contributed by atoms with Crippen LogP contribution < -0.4 is 0 Å². The summed E-state index contributed by atoms with van der Waals surface area (Å²) in [6.07, 6.45) is 2.53. The van der Waals surface area contributed by atoms with E-state index < -0.39 is 10.0 Å². The van der Waals surface area contributed by atoms with Gasteiger partial charge in [0.25, 0.3) is 0 Å². The van der Waals surface area contributed by atoms with Crippen molar-refractivity contribution in [1.29, 1.82) is 5.26 Å². The SMILES string of the molecule is N#Cc1ccc(S(=O)(=O)N2CCN(C[C@@H]3CCCO3)CC2)cc1. The first-order valence-electron chi connectivity index (χ1n) is 7.94. The van der Waals surface area contributed by atoms with E-state index in [0.29, 0.717) is 24.8 Å². The smallest absolute Gasteiger partial charge is 0.243 e. The lowest BCUT2D eigenvalue weighted by Crippen LogP contribution is -2.50. The van der Waals surface area contributed by atoms with E-state index in [1.54, 1.807) is 12.1 Å². The first kappa shape index (κ1) is 16.4. The highest BCUT2D eigenvalue weighted by Gasteiger charge is 2.29. The van der Waals surface area contributed by atoms with Crippen molar-refractivity contribution in [3.8, 4) is 6.07 Å². The molecule has 1 aromatic carbocycles. The summed E-state index contributed by atoms with van der Waals surface area (Å²) in [6, 6.07) is 8.10. The molecule has 1 aromatic rings. The third kappa shape index (κ3) is 3.72. The van der Waals surface area contributed by atoms with Crippen LogP contribution in [-0.4, -0.2) is 63.1 Å². The zero-order valence-corrected chi connectivity index (χ0v) is 13.8. The summed E-state index contributed by atoms with van der Waals surface area (Å²) in [5.74, 6) is 0. The van der Waals surface area contributed by atoms with Gasteiger partial charge in [0, 0.05) is 39.3 Å². The van der Waals surface area contributed by atoms with Crippen LogP contribution in [0.4, 0.5) is 0 Å². The van der Waals surface area contributed by atoms with Crippen LogP contribution in [0.2, 0.25) is 0 Å². The van der Waals surface area contributed by atoms with Crippen LogP contribution in [0.15, 0.2) is 29.2 Å². The molecule has 1 atom stereocenters. The van der Waals surface area contributed by atoms with E-state index >= 15 is 0 Å². The van der Waals surface area contributed by atoms with E-state index in [9.17, 15) is 8.42 Å². The number of piperazine rings is 1. The summed E-state index contributed by atoms with van der Waals surface area (Å²) >= 11 is 0. The molecule has 0 N–H and O–H groups in total. The second kappa shape index (κ2) is 6.97. The van der Waals surface area contributed by atoms with Gasteiger partial charge in [-0.1, -0.05) is 0 Å². The molecule has 0 unspecified atom stereocenters. The Balaban J connectivity index is 1.60. The van der Waals surface area contributed by atoms with Gasteiger partial charge in [-0.2, -0.15) is 9.57 Å². The van der Waals surface area contributed by atoms with Crippen LogP contribution in [0.1, 0.15) is 18.4 Å². The van der Waals surface area contributed by atoms with Crippen molar-refractivity contribution in [2.75, 3.05) is 39.3 Å². The molecule has 7 heteroatoms. The summed E-state index contributed by atoms with van der Waals surface area (Å²) in [7, 11) is -3.47. The van der Waals surface area contributed by atoms with Crippen LogP contribution in [0.5, 0.6) is 0 Å². The molecular formula is C16H21N3O3S. The highest BCUT2D eigenvalue weighted by atomic mass is 32.2. The Hall–Kier alpha value is -1.46. The number of rotatable bonds is 4. The zero-order chi connectivity index (χ0) is 16.3. The Morgan fingerprint density at radius 2 is 1.87 bits per heavy atom. The summed E-state index contributed by atoms with van der Waals surface area (Å²) in [6.45, 7) is 4.19. The highest BCUT2D eigenvalue weighted by Crippen LogP contribution is 2.19. The number of hydrogen-bond acceptors (Lipinski definition) is 5. The Labute approximate surface area is 137 Å². The van der Waals surface area contributed by atoms with Crippen LogP contribution >= 0.6 is 0 Å². The standard InChI is InChI=1S/C16H21N3O3S/c17-12-14-3-5-16(6-4-14)23(20,21)19-9-7-18(8-10-19)13-15-2-1-11-22-15/h3-6,15H,1-2,7-11,13H2/t15-/m0/s1. The molecule has 3 rings (SSSR count). The summed E-state index contributed by atoms with van der Waals surface area (Å²) in [5, 5.41) is 8.80. The Bertz CT molecular complexity index is 668. The van der Waals surface area contributed by atoms with Gasteiger partial charge in [0.15, 0.2) is 0 Å². The van der Waals surface area contributed by atoms with Gasteiger partial charge in [0.1, 0.15) is 0 Å². The van der Waals surface area contributed by atoms with E-state index in [1.807, 2.05) is 6.07 Å². The third-order valence-electron chi connectivity index (χ3n) is 4.44. The second-order valence-corrected chi connectivity index (χ2v) is 7.91. The van der Waals surface area contributed by atoms with Crippen molar-refractivity contribution >= 4 is 10.0 Å². The van der Waals surface area contributed by atoms with Gasteiger partial charge in [0.05, 0.1) is 22.6 Å². The summed E-state index contributed by atoms with van der Waals surface area (Å²) in [5.41, 5.74) is 0.463. The lowest BCUT2D eigenvalue weighted by molar-refractivity contribution is 0.0617. The first-order valence-corrected chi connectivity index (χ1v) is 9.38. The van der Waals surface area contributed by atoms with Crippen molar-refractivity contribution in [1.82, 2.24) is 9.21 Å². The highest BCUT2D eigenvalue weighted by molar-refractivity contribution is 7.89. The number of ether oxygens (including phenoxy) is 1. The van der Waals surface area contributed by atoms with E-state index in [0.717, 1.165) is 39.1 Å². The lowest BCUT2D eigenvalue weighted by Gasteiger charge is -2.35. The van der Waals surface area contributed by atoms with Crippen LogP contribution in [0, 0.1) is 11.3 Å². The average Bonchev–Trinajstić information content (AvgIpc) is 3.08. The Morgan fingerprint density at radius 1 is 1.17 bits per heavy atom. The van der Waals surface area contributed by atoms with Gasteiger partial charge in [-0.25, -0.2) is 8.42 Å². The fraction of sp³-hybridized carbons (Fsp3) is 0.562. The maximum Gasteiger partial charge on any atom is 0.243 e. The fourth-order valence-electron chi connectivity index (χ4n) is 3.08. The molecule has 2 heterocycles. The van der Waals surface area contributed by atoms with E-state index in [1.165, 1.54) is 16.4 Å². The molecule has 6 nitrogen and oxygen atoms in total. The quantitative estimate of drug-likeness (QED) is 0.822. The average molecular weight is 335 g/mol. The molecule has 2 fully saturated rings. The molecule has 0 bridgehead atoms. The number of hydrogen-bond donors (Lipinski definition) is 0. The van der Waals surface area contributed by atoms with Crippen molar-refractivity contribution in [2.45, 2.75) is 23.8 Å². The van der Waals surface area contributed by atoms with Gasteiger partial charge in [-0.05, 0) is 37.1 Å². The zero-order valence-electron chi connectivity index (χ0n) is 13.0. The number of benzene rings is 1. The lowest BCUT2D eigenvalue weighted by atomic mass is 10.2. The number of nitrogens with zero attached hydrogens (tertiary/aromatic N) is 3. The second-order valence-electron chi connectivity index (χ2n) is 5.98. The Morgan fingerprint density at radius 3 is 2.43 bits per heavy atom. The molecule has 0 aromatic heterocycles. The number of nitriles is 1. The van der Waals surface area contributed by atoms with Gasteiger partial charge in [0.2, 0.25) is 10.0 Å². The fourth-order valence-corrected chi connectivity index (χ4v) is 4.50. The molecule has 0 saturated carbocycles. The minimum absolute atomic E-state index is 0.254. The summed E-state index contributed by atoms with van der Waals surface area (Å²) < 4.78 is 32.4. The maximum atomic E-state index is 12.6. The van der Waals surface area contributed by atoms with Gasteiger partial charge in [-0.15, -0.1) is 0 Å². The molecule has 124 valence electrons. The molecule has 0 spiro atoms. The minimum atomic E-state index is -3.47. The minimum Gasteiger partial charge on any atom is -0.377 e.